The molecule has 0 bridgehead atoms. The number of hydrogen-bond acceptors (Lipinski definition) is 2. The number of nitrogens with one attached hydrogen (secondary N) is 1. The van der Waals surface area contributed by atoms with E-state index in [1.807, 2.05) is 0 Å². The van der Waals surface area contributed by atoms with Gasteiger partial charge in [0, 0.05) is 6.04 Å². The lowest BCUT2D eigenvalue weighted by Crippen LogP contribution is -2.24. The molecule has 2 fully saturated rings. The van der Waals surface area contributed by atoms with Crippen LogP contribution in [0.2, 0.25) is 0 Å². The summed E-state index contributed by atoms with van der Waals surface area (Å²) in [5.74, 6) is 1.98. The van der Waals surface area contributed by atoms with Gasteiger partial charge in [-0.1, -0.05) is 17.7 Å². The van der Waals surface area contributed by atoms with E-state index in [0.717, 1.165) is 24.7 Å². The van der Waals surface area contributed by atoms with Crippen molar-refractivity contribution < 1.29 is 4.74 Å². The Balaban J connectivity index is 1.77. The maximum Gasteiger partial charge on any atom is 0.125 e. The number of rotatable bonds is 5. The van der Waals surface area contributed by atoms with E-state index in [1.165, 1.54) is 48.9 Å². The molecule has 104 valence electrons. The van der Waals surface area contributed by atoms with Crippen LogP contribution < -0.4 is 10.1 Å². The Hall–Kier alpha value is -1.02. The molecule has 2 aliphatic rings. The first-order chi connectivity index (χ1) is 9.22. The van der Waals surface area contributed by atoms with E-state index in [9.17, 15) is 0 Å². The molecule has 3 rings (SSSR count). The zero-order valence-corrected chi connectivity index (χ0v) is 12.2. The van der Waals surface area contributed by atoms with E-state index in [-0.39, 0.29) is 0 Å². The minimum Gasteiger partial charge on any atom is -0.493 e. The molecule has 0 amide bonds. The summed E-state index contributed by atoms with van der Waals surface area (Å²) in [7, 11) is 0. The molecule has 1 aliphatic carbocycles. The van der Waals surface area contributed by atoms with Gasteiger partial charge in [-0.2, -0.15) is 0 Å². The SMILES string of the molecule is Cc1cc(C)c(OCC2CC2)c(CC2CCCN2)c1. The highest BCUT2D eigenvalue weighted by Crippen LogP contribution is 2.33. The van der Waals surface area contributed by atoms with Crippen molar-refractivity contribution in [3.05, 3.63) is 28.8 Å². The van der Waals surface area contributed by atoms with Gasteiger partial charge >= 0.3 is 0 Å². The van der Waals surface area contributed by atoms with Gasteiger partial charge in [-0.3, -0.25) is 0 Å². The molecule has 1 heterocycles. The van der Waals surface area contributed by atoms with Crippen LogP contribution in [0.5, 0.6) is 5.75 Å². The van der Waals surface area contributed by atoms with Crippen molar-refractivity contribution in [2.75, 3.05) is 13.2 Å². The Labute approximate surface area is 116 Å². The van der Waals surface area contributed by atoms with Crippen LogP contribution in [-0.2, 0) is 6.42 Å². The molecule has 1 saturated heterocycles. The molecule has 2 nitrogen and oxygen atoms in total. The van der Waals surface area contributed by atoms with Crippen LogP contribution in [0.25, 0.3) is 0 Å². The van der Waals surface area contributed by atoms with Gasteiger partial charge in [0.25, 0.3) is 0 Å². The first-order valence-electron chi connectivity index (χ1n) is 7.68. The lowest BCUT2D eigenvalue weighted by Gasteiger charge is -2.18. The van der Waals surface area contributed by atoms with Crippen molar-refractivity contribution in [3.8, 4) is 5.75 Å². The third-order valence-electron chi connectivity index (χ3n) is 4.28. The largest absolute Gasteiger partial charge is 0.493 e. The number of benzene rings is 1. The Morgan fingerprint density at radius 1 is 1.21 bits per heavy atom. The molecule has 1 unspecified atom stereocenters. The van der Waals surface area contributed by atoms with Crippen molar-refractivity contribution in [2.45, 2.75) is 52.0 Å². The van der Waals surface area contributed by atoms with E-state index in [4.69, 9.17) is 4.74 Å². The quantitative estimate of drug-likeness (QED) is 0.875. The molecule has 2 heteroatoms. The van der Waals surface area contributed by atoms with Crippen LogP contribution in [-0.4, -0.2) is 19.2 Å². The van der Waals surface area contributed by atoms with Crippen molar-refractivity contribution in [3.63, 3.8) is 0 Å². The van der Waals surface area contributed by atoms with Gasteiger partial charge in [-0.05, 0) is 69.5 Å². The van der Waals surface area contributed by atoms with E-state index >= 15 is 0 Å². The summed E-state index contributed by atoms with van der Waals surface area (Å²) in [4.78, 5) is 0. The fourth-order valence-electron chi connectivity index (χ4n) is 3.08. The van der Waals surface area contributed by atoms with Gasteiger partial charge in [0.2, 0.25) is 0 Å². The zero-order chi connectivity index (χ0) is 13.2. The molecule has 1 N–H and O–H groups in total. The topological polar surface area (TPSA) is 21.3 Å². The van der Waals surface area contributed by atoms with Gasteiger partial charge in [-0.15, -0.1) is 0 Å². The molecule has 1 saturated carbocycles. The first kappa shape index (κ1) is 13.0. The number of hydrogen-bond donors (Lipinski definition) is 1. The summed E-state index contributed by atoms with van der Waals surface area (Å²) in [6, 6.07) is 5.20. The van der Waals surface area contributed by atoms with Crippen molar-refractivity contribution in [1.29, 1.82) is 0 Å². The fourth-order valence-corrected chi connectivity index (χ4v) is 3.08. The van der Waals surface area contributed by atoms with Gasteiger partial charge in [0.05, 0.1) is 6.61 Å². The van der Waals surface area contributed by atoms with Crippen molar-refractivity contribution >= 4 is 0 Å². The third kappa shape index (κ3) is 3.30. The summed E-state index contributed by atoms with van der Waals surface area (Å²) in [6.07, 6.45) is 6.43. The second-order valence-electron chi connectivity index (χ2n) is 6.32. The fraction of sp³-hybridized carbons (Fsp3) is 0.647. The standard InChI is InChI=1S/C17H25NO/c1-12-8-13(2)17(19-11-14-5-6-14)15(9-12)10-16-4-3-7-18-16/h8-9,14,16,18H,3-7,10-11H2,1-2H3. The van der Waals surface area contributed by atoms with Gasteiger partial charge in [0.1, 0.15) is 5.75 Å². The minimum atomic E-state index is 0.643. The van der Waals surface area contributed by atoms with Gasteiger partial charge in [0.15, 0.2) is 0 Å². The van der Waals surface area contributed by atoms with Crippen LogP contribution in [0, 0.1) is 19.8 Å². The first-order valence-corrected chi connectivity index (χ1v) is 7.68. The average Bonchev–Trinajstić information content (AvgIpc) is 3.04. The van der Waals surface area contributed by atoms with Crippen molar-refractivity contribution in [1.82, 2.24) is 5.32 Å². The molecule has 0 spiro atoms. The third-order valence-corrected chi connectivity index (χ3v) is 4.28. The summed E-state index contributed by atoms with van der Waals surface area (Å²) < 4.78 is 6.13. The van der Waals surface area contributed by atoms with Crippen LogP contribution in [0.15, 0.2) is 12.1 Å². The Kier molecular flexibility index (Phi) is 3.79. The van der Waals surface area contributed by atoms with Gasteiger partial charge in [-0.25, -0.2) is 0 Å². The molecular weight excluding hydrogens is 234 g/mol. The highest BCUT2D eigenvalue weighted by Gasteiger charge is 2.23. The van der Waals surface area contributed by atoms with Crippen LogP contribution in [0.1, 0.15) is 42.4 Å². The Morgan fingerprint density at radius 3 is 2.74 bits per heavy atom. The maximum atomic E-state index is 6.13. The highest BCUT2D eigenvalue weighted by molar-refractivity contribution is 5.44. The minimum absolute atomic E-state index is 0.643. The van der Waals surface area contributed by atoms with E-state index < -0.39 is 0 Å². The van der Waals surface area contributed by atoms with Crippen molar-refractivity contribution in [2.24, 2.45) is 5.92 Å². The monoisotopic (exact) mass is 259 g/mol. The number of ether oxygens (including phenoxy) is 1. The van der Waals surface area contributed by atoms with Crippen LogP contribution in [0.4, 0.5) is 0 Å². The number of aryl methyl sites for hydroxylation is 2. The lowest BCUT2D eigenvalue weighted by molar-refractivity contribution is 0.294. The molecule has 1 aromatic rings. The van der Waals surface area contributed by atoms with E-state index in [1.54, 1.807) is 0 Å². The normalized spacial score (nSPS) is 22.7. The summed E-state index contributed by atoms with van der Waals surface area (Å²) in [5, 5.41) is 3.59. The molecule has 1 atom stereocenters. The van der Waals surface area contributed by atoms with Gasteiger partial charge < -0.3 is 10.1 Å². The smallest absolute Gasteiger partial charge is 0.125 e. The zero-order valence-electron chi connectivity index (χ0n) is 12.2. The second-order valence-corrected chi connectivity index (χ2v) is 6.32. The summed E-state index contributed by atoms with van der Waals surface area (Å²) in [5.41, 5.74) is 4.05. The molecule has 0 radical (unpaired) electrons. The second kappa shape index (κ2) is 5.54. The van der Waals surface area contributed by atoms with Crippen LogP contribution in [0.3, 0.4) is 0 Å². The summed E-state index contributed by atoms with van der Waals surface area (Å²) in [6.45, 7) is 6.45. The molecule has 0 aromatic heterocycles. The highest BCUT2D eigenvalue weighted by atomic mass is 16.5. The molecule has 1 aromatic carbocycles. The Morgan fingerprint density at radius 2 is 2.05 bits per heavy atom. The van der Waals surface area contributed by atoms with E-state index in [2.05, 4.69) is 31.3 Å². The maximum absolute atomic E-state index is 6.13. The van der Waals surface area contributed by atoms with E-state index in [0.29, 0.717) is 6.04 Å². The predicted molar refractivity (Wildman–Crippen MR) is 78.9 cm³/mol. The Bertz CT molecular complexity index is 445. The molecule has 1 aliphatic heterocycles. The predicted octanol–water partition coefficient (Wildman–Crippen LogP) is 3.39. The summed E-state index contributed by atoms with van der Waals surface area (Å²) >= 11 is 0. The molecule has 19 heavy (non-hydrogen) atoms. The molecular formula is C17H25NO. The lowest BCUT2D eigenvalue weighted by atomic mass is 9.99. The average molecular weight is 259 g/mol. The van der Waals surface area contributed by atoms with Crippen LogP contribution >= 0.6 is 0 Å².